The molecule has 0 N–H and O–H groups in total. The van der Waals surface area contributed by atoms with E-state index in [2.05, 4.69) is 0 Å². The number of ketones is 10. The van der Waals surface area contributed by atoms with Gasteiger partial charge in [-0.15, -0.1) is 0 Å². The third-order valence-electron chi connectivity index (χ3n) is 13.4. The minimum Gasteiger partial charge on any atom is -0.457 e. The van der Waals surface area contributed by atoms with Crippen LogP contribution in [0.25, 0.3) is 21.9 Å². The van der Waals surface area contributed by atoms with Crippen LogP contribution in [0.3, 0.4) is 0 Å². The summed E-state index contributed by atoms with van der Waals surface area (Å²) in [7, 11) is 0. The molecule has 10 rings (SSSR count). The Morgan fingerprint density at radius 3 is 0.554 bits per heavy atom. The maximum Gasteiger partial charge on any atom is 0.160 e. The van der Waals surface area contributed by atoms with Crippen LogP contribution in [0.5, 0.6) is 34.5 Å². The molecule has 92 heavy (non-hydrogen) atoms. The Morgan fingerprint density at radius 2 is 0.370 bits per heavy atom. The molecule has 0 aliphatic heterocycles. The molecule has 0 spiro atoms. The normalized spacial score (nSPS) is 9.90. The highest BCUT2D eigenvalue weighted by molar-refractivity contribution is 6.14. The lowest BCUT2D eigenvalue weighted by molar-refractivity contribution is -0.115. The second-order valence-corrected chi connectivity index (χ2v) is 21.0. The highest BCUT2D eigenvalue weighted by Crippen LogP contribution is 2.29. The van der Waals surface area contributed by atoms with Crippen LogP contribution in [-0.4, -0.2) is 57.8 Å². The zero-order valence-electron chi connectivity index (χ0n) is 53.3. The van der Waals surface area contributed by atoms with E-state index >= 15 is 0 Å². The Morgan fingerprint density at radius 1 is 0.196 bits per heavy atom. The lowest BCUT2D eigenvalue weighted by Crippen LogP contribution is -1.99. The summed E-state index contributed by atoms with van der Waals surface area (Å²) in [4.78, 5) is 110. The van der Waals surface area contributed by atoms with Crippen LogP contribution < -0.4 is 14.2 Å². The first-order valence-electron chi connectivity index (χ1n) is 29.2. The molecular weight excluding hydrogens is 1160 g/mol. The molecule has 10 aromatic rings. The van der Waals surface area contributed by atoms with Crippen molar-refractivity contribution < 1.29 is 62.2 Å². The maximum atomic E-state index is 11.5. The summed E-state index contributed by atoms with van der Waals surface area (Å²) in [5.74, 6) is 4.50. The van der Waals surface area contributed by atoms with Gasteiger partial charge in [0.2, 0.25) is 0 Å². The Labute approximate surface area is 536 Å². The summed E-state index contributed by atoms with van der Waals surface area (Å²) in [6.45, 7) is 16.9. The van der Waals surface area contributed by atoms with Gasteiger partial charge in [-0.05, 0) is 219 Å². The van der Waals surface area contributed by atoms with Crippen LogP contribution in [-0.2, 0) is 4.79 Å². The third kappa shape index (κ3) is 23.3. The molecule has 0 radical (unpaired) electrons. The van der Waals surface area contributed by atoms with Gasteiger partial charge in [-0.25, -0.2) is 0 Å². The van der Waals surface area contributed by atoms with Gasteiger partial charge in [0.15, 0.2) is 52.0 Å². The standard InChI is InChI=1S/C22H18O4.C16H14O3.C16H14O2.C14H12O2.C8H8O.C3H6O/c1-15(23)17-3-7-19(8-4-17)25-21-11-13-22(14-12-21)26-20-9-5-18(6-10-20)16(2)24;1-11(17)13-3-7-15(8-4-13)19-16-9-5-14(6-10-16)12(2)18;1-11(17)13-3-7-15(8-4-13)16-9-5-14(6-10-16)12(2)18;1-9(15)11-7-8-12(10(2)16)14-6-4-3-5-13(11)14;1-7(9)8-5-3-2-4-6-8;1-3(2)4/h3-14H,1-2H3;3-10H,1-2H3;3-10H,1-2H3;3-8H,1-2H3;2-6H,1H3;1-2H3. The number of ether oxygens (including phenoxy) is 3. The van der Waals surface area contributed by atoms with Crippen LogP contribution in [0.15, 0.2) is 237 Å². The van der Waals surface area contributed by atoms with Crippen molar-refractivity contribution in [2.45, 2.75) is 76.2 Å². The molecule has 0 atom stereocenters. The van der Waals surface area contributed by atoms with Gasteiger partial charge in [0.25, 0.3) is 0 Å². The molecular formula is C79H72O13. The van der Waals surface area contributed by atoms with Crippen LogP contribution in [0.2, 0.25) is 0 Å². The Hall–Kier alpha value is -11.4. The number of carbonyl (C=O) groups is 10. The molecule has 13 heteroatoms. The quantitative estimate of drug-likeness (QED) is 0.0829. The van der Waals surface area contributed by atoms with Crippen molar-refractivity contribution in [1.82, 2.24) is 0 Å². The number of hydrogen-bond acceptors (Lipinski definition) is 13. The fourth-order valence-corrected chi connectivity index (χ4v) is 8.40. The Kier molecular flexibility index (Phi) is 27.5. The number of rotatable bonds is 16. The number of fused-ring (bicyclic) bond motifs is 1. The molecule has 0 aromatic heterocycles. The predicted octanol–water partition coefficient (Wildman–Crippen LogP) is 19.0. The highest BCUT2D eigenvalue weighted by atomic mass is 16.5. The lowest BCUT2D eigenvalue weighted by Gasteiger charge is -2.09. The smallest absolute Gasteiger partial charge is 0.160 e. The first-order chi connectivity index (χ1) is 43.8. The topological polar surface area (TPSA) is 198 Å². The maximum absolute atomic E-state index is 11.5. The van der Waals surface area contributed by atoms with Crippen LogP contribution >= 0.6 is 0 Å². The minimum atomic E-state index is 0.0197. The van der Waals surface area contributed by atoms with E-state index < -0.39 is 0 Å². The van der Waals surface area contributed by atoms with Crippen molar-refractivity contribution in [3.8, 4) is 45.6 Å². The molecule has 0 heterocycles. The lowest BCUT2D eigenvalue weighted by atomic mass is 9.96. The number of benzene rings is 10. The van der Waals surface area contributed by atoms with E-state index in [0.29, 0.717) is 79.0 Å². The van der Waals surface area contributed by atoms with E-state index in [1.54, 1.807) is 154 Å². The van der Waals surface area contributed by atoms with Crippen molar-refractivity contribution in [2.24, 2.45) is 0 Å². The molecule has 13 nitrogen and oxygen atoms in total. The van der Waals surface area contributed by atoms with E-state index in [-0.39, 0.29) is 57.8 Å². The average Bonchev–Trinajstić information content (AvgIpc) is 0.998. The van der Waals surface area contributed by atoms with E-state index in [1.807, 2.05) is 103 Å². The van der Waals surface area contributed by atoms with Crippen molar-refractivity contribution in [3.05, 3.63) is 287 Å². The van der Waals surface area contributed by atoms with Crippen LogP contribution in [0.1, 0.15) is 169 Å². The molecule has 0 aliphatic rings. The first-order valence-corrected chi connectivity index (χ1v) is 29.2. The molecule has 0 aliphatic carbocycles. The van der Waals surface area contributed by atoms with Crippen LogP contribution in [0.4, 0.5) is 0 Å². The summed E-state index contributed by atoms with van der Waals surface area (Å²) < 4.78 is 17.1. The molecule has 0 fully saturated rings. The van der Waals surface area contributed by atoms with Gasteiger partial charge in [0.05, 0.1) is 0 Å². The molecule has 0 amide bonds. The van der Waals surface area contributed by atoms with Gasteiger partial charge >= 0.3 is 0 Å². The first kappa shape index (κ1) is 71.3. The molecule has 0 unspecified atom stereocenters. The van der Waals surface area contributed by atoms with Gasteiger partial charge in [0.1, 0.15) is 40.3 Å². The largest absolute Gasteiger partial charge is 0.457 e. The van der Waals surface area contributed by atoms with Crippen molar-refractivity contribution in [2.75, 3.05) is 0 Å². The van der Waals surface area contributed by atoms with E-state index in [4.69, 9.17) is 14.2 Å². The van der Waals surface area contributed by atoms with Crippen molar-refractivity contribution in [3.63, 3.8) is 0 Å². The molecule has 0 bridgehead atoms. The predicted molar refractivity (Wildman–Crippen MR) is 361 cm³/mol. The highest BCUT2D eigenvalue weighted by Gasteiger charge is 2.12. The van der Waals surface area contributed by atoms with Gasteiger partial charge in [0, 0.05) is 50.1 Å². The minimum absolute atomic E-state index is 0.0197. The van der Waals surface area contributed by atoms with E-state index in [9.17, 15) is 47.9 Å². The fraction of sp³-hybridized carbons (Fsp3) is 0.139. The Bertz CT molecular complexity index is 3940. The van der Waals surface area contributed by atoms with E-state index in [1.165, 1.54) is 55.4 Å². The second-order valence-electron chi connectivity index (χ2n) is 21.0. The number of carbonyl (C=O) groups excluding carboxylic acids is 10. The van der Waals surface area contributed by atoms with Crippen molar-refractivity contribution in [1.29, 1.82) is 0 Å². The van der Waals surface area contributed by atoms with Gasteiger partial charge < -0.3 is 19.0 Å². The van der Waals surface area contributed by atoms with E-state index in [0.717, 1.165) is 27.5 Å². The number of hydrogen-bond donors (Lipinski definition) is 0. The summed E-state index contributed by atoms with van der Waals surface area (Å²) in [6, 6.07) is 70.2. The fourth-order valence-electron chi connectivity index (χ4n) is 8.40. The third-order valence-corrected chi connectivity index (χ3v) is 13.4. The monoisotopic (exact) mass is 1230 g/mol. The SMILES string of the molecule is CC(=O)c1ccc(-c2ccc(C(C)=O)cc2)cc1.CC(=O)c1ccc(C(C)=O)c2ccccc12.CC(=O)c1ccc(Oc2ccc(C(C)=O)cc2)cc1.CC(=O)c1ccc(Oc2ccc(Oc3ccc(C(C)=O)cc3)cc2)cc1.CC(=O)c1ccccc1.CC(C)=O. The summed E-state index contributed by atoms with van der Waals surface area (Å²) in [6.07, 6.45) is 0. The summed E-state index contributed by atoms with van der Waals surface area (Å²) in [5.41, 5.74) is 8.20. The molecule has 466 valence electrons. The van der Waals surface area contributed by atoms with Crippen molar-refractivity contribution >= 4 is 68.6 Å². The molecule has 0 saturated heterocycles. The van der Waals surface area contributed by atoms with Gasteiger partial charge in [-0.3, -0.25) is 43.2 Å². The summed E-state index contributed by atoms with van der Waals surface area (Å²) >= 11 is 0. The molecule has 10 aromatic carbocycles. The zero-order chi connectivity index (χ0) is 67.4. The molecule has 0 saturated carbocycles. The number of Topliss-reactive ketones (excluding diaryl/α,β-unsaturated/α-hetero) is 10. The second kappa shape index (κ2) is 35.5. The van der Waals surface area contributed by atoms with Crippen LogP contribution in [0, 0.1) is 0 Å². The average molecular weight is 1230 g/mol. The Balaban J connectivity index is 0.000000211. The van der Waals surface area contributed by atoms with Gasteiger partial charge in [-0.1, -0.05) is 115 Å². The zero-order valence-corrected chi connectivity index (χ0v) is 53.3. The van der Waals surface area contributed by atoms with Gasteiger partial charge in [-0.2, -0.15) is 0 Å². The summed E-state index contributed by atoms with van der Waals surface area (Å²) in [5, 5.41) is 1.70.